The second-order valence-corrected chi connectivity index (χ2v) is 6.33. The van der Waals surface area contributed by atoms with E-state index in [1.807, 2.05) is 12.1 Å². The van der Waals surface area contributed by atoms with Gasteiger partial charge in [0.15, 0.2) is 6.61 Å². The van der Waals surface area contributed by atoms with E-state index in [9.17, 15) is 9.59 Å². The Labute approximate surface area is 158 Å². The van der Waals surface area contributed by atoms with Crippen molar-refractivity contribution >= 4 is 18.1 Å². The Morgan fingerprint density at radius 1 is 1.19 bits per heavy atom. The van der Waals surface area contributed by atoms with Crippen molar-refractivity contribution < 1.29 is 19.2 Å². The highest BCUT2D eigenvalue weighted by atomic mass is 16.6. The van der Waals surface area contributed by atoms with Crippen molar-refractivity contribution in [2.45, 2.75) is 25.3 Å². The molecule has 6 heteroatoms. The summed E-state index contributed by atoms with van der Waals surface area (Å²) in [6.07, 6.45) is 4.53. The SMILES string of the molecule is COC(=O)c1ccc(/C=N/OCC(=O)NC2CCCc3ccccc32)cc1. The summed E-state index contributed by atoms with van der Waals surface area (Å²) < 4.78 is 4.64. The number of hydrogen-bond acceptors (Lipinski definition) is 5. The molecule has 3 rings (SSSR count). The fourth-order valence-electron chi connectivity index (χ4n) is 3.16. The predicted molar refractivity (Wildman–Crippen MR) is 102 cm³/mol. The highest BCUT2D eigenvalue weighted by molar-refractivity contribution is 5.90. The standard InChI is InChI=1S/C21H22N2O4/c1-26-21(25)17-11-9-15(10-12-17)13-22-27-14-20(24)23-19-8-4-6-16-5-2-3-7-18(16)19/h2-3,5,7,9-13,19H,4,6,8,14H2,1H3,(H,23,24)/b22-13+. The van der Waals surface area contributed by atoms with Crippen LogP contribution in [-0.2, 0) is 20.8 Å². The van der Waals surface area contributed by atoms with Gasteiger partial charge in [-0.15, -0.1) is 0 Å². The van der Waals surface area contributed by atoms with Gasteiger partial charge in [0.2, 0.25) is 0 Å². The minimum Gasteiger partial charge on any atom is -0.465 e. The number of ether oxygens (including phenoxy) is 1. The zero-order valence-electron chi connectivity index (χ0n) is 15.2. The Bertz CT molecular complexity index is 830. The summed E-state index contributed by atoms with van der Waals surface area (Å²) in [5.41, 5.74) is 3.70. The number of rotatable bonds is 6. The van der Waals surface area contributed by atoms with Crippen molar-refractivity contribution in [3.05, 3.63) is 70.8 Å². The first-order valence-corrected chi connectivity index (χ1v) is 8.88. The Kier molecular flexibility index (Phi) is 6.20. The Morgan fingerprint density at radius 2 is 1.96 bits per heavy atom. The summed E-state index contributed by atoms with van der Waals surface area (Å²) in [5, 5.41) is 6.82. The summed E-state index contributed by atoms with van der Waals surface area (Å²) >= 11 is 0. The van der Waals surface area contributed by atoms with Gasteiger partial charge >= 0.3 is 5.97 Å². The van der Waals surface area contributed by atoms with E-state index in [4.69, 9.17) is 4.84 Å². The van der Waals surface area contributed by atoms with Crippen LogP contribution in [0.25, 0.3) is 0 Å². The summed E-state index contributed by atoms with van der Waals surface area (Å²) in [5.74, 6) is -0.592. The minimum absolute atomic E-state index is 0.0286. The molecule has 1 atom stereocenters. The van der Waals surface area contributed by atoms with E-state index in [1.54, 1.807) is 24.3 Å². The van der Waals surface area contributed by atoms with Gasteiger partial charge in [-0.3, -0.25) is 4.79 Å². The highest BCUT2D eigenvalue weighted by Crippen LogP contribution is 2.29. The fourth-order valence-corrected chi connectivity index (χ4v) is 3.16. The lowest BCUT2D eigenvalue weighted by Crippen LogP contribution is -2.33. The van der Waals surface area contributed by atoms with Crippen LogP contribution in [0.1, 0.15) is 45.9 Å². The number of benzene rings is 2. The second-order valence-electron chi connectivity index (χ2n) is 6.33. The number of oxime groups is 1. The molecule has 1 unspecified atom stereocenters. The van der Waals surface area contributed by atoms with Crippen LogP contribution in [-0.4, -0.2) is 31.8 Å². The first-order chi connectivity index (χ1) is 13.2. The van der Waals surface area contributed by atoms with E-state index in [1.165, 1.54) is 24.5 Å². The van der Waals surface area contributed by atoms with Gasteiger partial charge in [0.05, 0.1) is 24.9 Å². The maximum atomic E-state index is 12.1. The minimum atomic E-state index is -0.393. The number of esters is 1. The van der Waals surface area contributed by atoms with Gasteiger partial charge < -0.3 is 14.9 Å². The number of carbonyl (C=O) groups excluding carboxylic acids is 2. The molecular formula is C21H22N2O4. The van der Waals surface area contributed by atoms with E-state index >= 15 is 0 Å². The van der Waals surface area contributed by atoms with Gasteiger partial charge in [-0.2, -0.15) is 0 Å². The number of aryl methyl sites for hydroxylation is 1. The van der Waals surface area contributed by atoms with Crippen molar-refractivity contribution in [2.75, 3.05) is 13.7 Å². The molecule has 0 fully saturated rings. The largest absolute Gasteiger partial charge is 0.465 e. The maximum absolute atomic E-state index is 12.1. The van der Waals surface area contributed by atoms with E-state index in [0.29, 0.717) is 5.56 Å². The van der Waals surface area contributed by atoms with Crippen molar-refractivity contribution in [3.8, 4) is 0 Å². The molecule has 1 N–H and O–H groups in total. The lowest BCUT2D eigenvalue weighted by Gasteiger charge is -2.26. The van der Waals surface area contributed by atoms with Crippen molar-refractivity contribution in [2.24, 2.45) is 5.16 Å². The first-order valence-electron chi connectivity index (χ1n) is 8.88. The molecule has 1 amide bonds. The number of hydrogen-bond donors (Lipinski definition) is 1. The molecule has 0 heterocycles. The number of nitrogens with one attached hydrogen (secondary N) is 1. The zero-order valence-corrected chi connectivity index (χ0v) is 15.2. The number of nitrogens with zero attached hydrogens (tertiary/aromatic N) is 1. The van der Waals surface area contributed by atoms with E-state index in [0.717, 1.165) is 24.8 Å². The lowest BCUT2D eigenvalue weighted by molar-refractivity contribution is -0.126. The molecule has 6 nitrogen and oxygen atoms in total. The van der Waals surface area contributed by atoms with Crippen LogP contribution in [0.2, 0.25) is 0 Å². The molecule has 0 saturated heterocycles. The van der Waals surface area contributed by atoms with Gasteiger partial charge in [0.25, 0.3) is 5.91 Å². The van der Waals surface area contributed by atoms with Crippen molar-refractivity contribution in [1.29, 1.82) is 0 Å². The predicted octanol–water partition coefficient (Wildman–Crippen LogP) is 3.02. The third kappa shape index (κ3) is 4.94. The third-order valence-corrected chi connectivity index (χ3v) is 4.51. The summed E-state index contributed by atoms with van der Waals surface area (Å²) in [6, 6.07) is 14.9. The maximum Gasteiger partial charge on any atom is 0.337 e. The average Bonchev–Trinajstić information content (AvgIpc) is 2.71. The number of amides is 1. The summed E-state index contributed by atoms with van der Waals surface area (Å²) in [6.45, 7) is -0.143. The molecule has 1 aliphatic carbocycles. The monoisotopic (exact) mass is 366 g/mol. The fraction of sp³-hybridized carbons (Fsp3) is 0.286. The van der Waals surface area contributed by atoms with E-state index < -0.39 is 5.97 Å². The number of carbonyl (C=O) groups is 2. The first kappa shape index (κ1) is 18.6. The molecule has 0 saturated carbocycles. The van der Waals surface area contributed by atoms with Gasteiger partial charge in [0, 0.05) is 0 Å². The summed E-state index contributed by atoms with van der Waals surface area (Å²) in [7, 11) is 1.34. The molecule has 2 aromatic carbocycles. The van der Waals surface area contributed by atoms with Gasteiger partial charge in [-0.1, -0.05) is 41.6 Å². The Balaban J connectivity index is 1.47. The highest BCUT2D eigenvalue weighted by Gasteiger charge is 2.21. The van der Waals surface area contributed by atoms with Crippen LogP contribution in [0.15, 0.2) is 53.7 Å². The topological polar surface area (TPSA) is 77.0 Å². The molecule has 0 aromatic heterocycles. The van der Waals surface area contributed by atoms with Crippen molar-refractivity contribution in [1.82, 2.24) is 5.32 Å². The van der Waals surface area contributed by atoms with Gasteiger partial charge in [-0.05, 0) is 48.1 Å². The lowest BCUT2D eigenvalue weighted by atomic mass is 9.88. The number of fused-ring (bicyclic) bond motifs is 1. The molecule has 2 aromatic rings. The van der Waals surface area contributed by atoms with Crippen LogP contribution < -0.4 is 5.32 Å². The average molecular weight is 366 g/mol. The molecule has 0 spiro atoms. The van der Waals surface area contributed by atoms with Crippen LogP contribution in [0.3, 0.4) is 0 Å². The second kappa shape index (κ2) is 8.98. The molecule has 1 aliphatic rings. The van der Waals surface area contributed by atoms with Crippen molar-refractivity contribution in [3.63, 3.8) is 0 Å². The molecular weight excluding hydrogens is 344 g/mol. The van der Waals surface area contributed by atoms with Crippen LogP contribution in [0, 0.1) is 0 Å². The molecule has 0 aliphatic heterocycles. The third-order valence-electron chi connectivity index (χ3n) is 4.51. The Morgan fingerprint density at radius 3 is 2.74 bits per heavy atom. The quantitative estimate of drug-likeness (QED) is 0.484. The molecule has 0 radical (unpaired) electrons. The summed E-state index contributed by atoms with van der Waals surface area (Å²) in [4.78, 5) is 28.6. The van der Waals surface area contributed by atoms with E-state index in [-0.39, 0.29) is 18.6 Å². The zero-order chi connectivity index (χ0) is 19.1. The molecule has 140 valence electrons. The van der Waals surface area contributed by atoms with Gasteiger partial charge in [0.1, 0.15) is 0 Å². The smallest absolute Gasteiger partial charge is 0.337 e. The Hall–Kier alpha value is -3.15. The molecule has 27 heavy (non-hydrogen) atoms. The van der Waals surface area contributed by atoms with Crippen LogP contribution >= 0.6 is 0 Å². The molecule has 0 bridgehead atoms. The normalized spacial score (nSPS) is 15.8. The van der Waals surface area contributed by atoms with Crippen LogP contribution in [0.5, 0.6) is 0 Å². The number of methoxy groups -OCH3 is 1. The van der Waals surface area contributed by atoms with Crippen LogP contribution in [0.4, 0.5) is 0 Å². The van der Waals surface area contributed by atoms with Gasteiger partial charge in [-0.25, -0.2) is 4.79 Å². The van der Waals surface area contributed by atoms with E-state index in [2.05, 4.69) is 27.3 Å².